The van der Waals surface area contributed by atoms with E-state index in [-0.39, 0.29) is 18.4 Å². The molecular formula is C24H30N4O3. The highest BCUT2D eigenvalue weighted by Crippen LogP contribution is 2.17. The molecule has 1 heterocycles. The van der Waals surface area contributed by atoms with Gasteiger partial charge in [-0.1, -0.05) is 31.5 Å². The fraction of sp³-hybridized carbons (Fsp3) is 0.375. The number of imidazole rings is 1. The standard InChI is InChI=1S/C24H30N4O3/c1-4-5-15-27(2)23(29)17-28-21-12-7-6-11-20(21)26-22(28)13-14-25-24(30)18-9-8-10-19(16-18)31-3/h6-12,16H,4-5,13-15,17H2,1-3H3,(H,25,30). The average molecular weight is 423 g/mol. The van der Waals surface area contributed by atoms with Crippen molar-refractivity contribution in [2.24, 2.45) is 0 Å². The van der Waals surface area contributed by atoms with Gasteiger partial charge in [-0.25, -0.2) is 4.98 Å². The minimum absolute atomic E-state index is 0.0540. The van der Waals surface area contributed by atoms with Gasteiger partial charge in [0, 0.05) is 32.1 Å². The third-order valence-corrected chi connectivity index (χ3v) is 5.27. The number of carbonyl (C=O) groups excluding carboxylic acids is 2. The Kier molecular flexibility index (Phi) is 7.65. The van der Waals surface area contributed by atoms with Crippen molar-refractivity contribution in [3.63, 3.8) is 0 Å². The van der Waals surface area contributed by atoms with E-state index < -0.39 is 0 Å². The molecule has 31 heavy (non-hydrogen) atoms. The number of ether oxygens (including phenoxy) is 1. The topological polar surface area (TPSA) is 76.5 Å². The molecule has 1 N–H and O–H groups in total. The fourth-order valence-corrected chi connectivity index (χ4v) is 3.42. The number of methoxy groups -OCH3 is 1. The molecule has 2 aromatic carbocycles. The molecule has 7 heteroatoms. The Hall–Kier alpha value is -3.35. The fourth-order valence-electron chi connectivity index (χ4n) is 3.42. The number of rotatable bonds is 10. The first-order valence-corrected chi connectivity index (χ1v) is 10.6. The zero-order chi connectivity index (χ0) is 22.2. The summed E-state index contributed by atoms with van der Waals surface area (Å²) in [6, 6.07) is 14.8. The van der Waals surface area contributed by atoms with Crippen LogP contribution in [0.1, 0.15) is 35.9 Å². The molecule has 3 rings (SSSR count). The first-order valence-electron chi connectivity index (χ1n) is 10.6. The maximum Gasteiger partial charge on any atom is 0.251 e. The lowest BCUT2D eigenvalue weighted by atomic mass is 10.2. The molecule has 3 aromatic rings. The van der Waals surface area contributed by atoms with Gasteiger partial charge in [0.25, 0.3) is 5.91 Å². The number of carbonyl (C=O) groups is 2. The van der Waals surface area contributed by atoms with Crippen LogP contribution in [0, 0.1) is 0 Å². The quantitative estimate of drug-likeness (QED) is 0.544. The summed E-state index contributed by atoms with van der Waals surface area (Å²) in [5, 5.41) is 2.93. The van der Waals surface area contributed by atoms with Crippen LogP contribution in [0.25, 0.3) is 11.0 Å². The predicted molar refractivity (Wildman–Crippen MR) is 121 cm³/mol. The Balaban J connectivity index is 1.70. The van der Waals surface area contributed by atoms with Crippen LogP contribution in [0.5, 0.6) is 5.75 Å². The second-order valence-corrected chi connectivity index (χ2v) is 7.51. The third kappa shape index (κ3) is 5.63. The van der Waals surface area contributed by atoms with Crippen molar-refractivity contribution in [1.82, 2.24) is 19.8 Å². The Morgan fingerprint density at radius 3 is 2.74 bits per heavy atom. The summed E-state index contributed by atoms with van der Waals surface area (Å²) >= 11 is 0. The first-order chi connectivity index (χ1) is 15.0. The summed E-state index contributed by atoms with van der Waals surface area (Å²) in [7, 11) is 3.41. The number of nitrogens with zero attached hydrogens (tertiary/aromatic N) is 3. The van der Waals surface area contributed by atoms with Gasteiger partial charge in [-0.3, -0.25) is 9.59 Å². The maximum atomic E-state index is 12.7. The van der Waals surface area contributed by atoms with Gasteiger partial charge in [0.15, 0.2) is 0 Å². The van der Waals surface area contributed by atoms with Crippen molar-refractivity contribution >= 4 is 22.8 Å². The number of para-hydroxylation sites is 2. The number of hydrogen-bond acceptors (Lipinski definition) is 4. The number of nitrogens with one attached hydrogen (secondary N) is 1. The van der Waals surface area contributed by atoms with Crippen LogP contribution in [-0.4, -0.2) is 53.5 Å². The number of likely N-dealkylation sites (N-methyl/N-ethyl adjacent to an activating group) is 1. The van der Waals surface area contributed by atoms with Gasteiger partial charge in [0.2, 0.25) is 5.91 Å². The van der Waals surface area contributed by atoms with Gasteiger partial charge < -0.3 is 19.5 Å². The van der Waals surface area contributed by atoms with E-state index >= 15 is 0 Å². The van der Waals surface area contributed by atoms with Crippen molar-refractivity contribution in [3.05, 3.63) is 59.9 Å². The van der Waals surface area contributed by atoms with E-state index in [1.165, 1.54) is 0 Å². The van der Waals surface area contributed by atoms with Crippen molar-refractivity contribution in [1.29, 1.82) is 0 Å². The Bertz CT molecular complexity index is 1040. The normalized spacial score (nSPS) is 10.8. The molecule has 0 spiro atoms. The molecule has 1 aromatic heterocycles. The molecule has 0 bridgehead atoms. The van der Waals surface area contributed by atoms with Crippen LogP contribution in [-0.2, 0) is 17.8 Å². The van der Waals surface area contributed by atoms with Crippen LogP contribution in [0.4, 0.5) is 0 Å². The van der Waals surface area contributed by atoms with Gasteiger partial charge in [-0.15, -0.1) is 0 Å². The molecule has 0 saturated carbocycles. The minimum atomic E-state index is -0.170. The Morgan fingerprint density at radius 1 is 1.16 bits per heavy atom. The van der Waals surface area contributed by atoms with Crippen LogP contribution >= 0.6 is 0 Å². The molecule has 0 aliphatic rings. The maximum absolute atomic E-state index is 12.7. The van der Waals surface area contributed by atoms with E-state index in [4.69, 9.17) is 9.72 Å². The van der Waals surface area contributed by atoms with Crippen molar-refractivity contribution < 1.29 is 14.3 Å². The smallest absolute Gasteiger partial charge is 0.251 e. The van der Waals surface area contributed by atoms with E-state index in [0.717, 1.165) is 36.2 Å². The molecule has 0 atom stereocenters. The van der Waals surface area contributed by atoms with Crippen LogP contribution in [0.15, 0.2) is 48.5 Å². The minimum Gasteiger partial charge on any atom is -0.497 e. The van der Waals surface area contributed by atoms with Crippen LogP contribution in [0.3, 0.4) is 0 Å². The number of unbranched alkanes of at least 4 members (excludes halogenated alkanes) is 1. The number of benzene rings is 2. The lowest BCUT2D eigenvalue weighted by Gasteiger charge is -2.18. The monoisotopic (exact) mass is 422 g/mol. The highest BCUT2D eigenvalue weighted by atomic mass is 16.5. The van der Waals surface area contributed by atoms with Gasteiger partial charge >= 0.3 is 0 Å². The second kappa shape index (κ2) is 10.6. The molecule has 0 aliphatic heterocycles. The van der Waals surface area contributed by atoms with Gasteiger partial charge in [0.05, 0.1) is 18.1 Å². The number of aromatic nitrogens is 2. The SMILES string of the molecule is CCCCN(C)C(=O)Cn1c(CCNC(=O)c2cccc(OC)c2)nc2ccccc21. The summed E-state index contributed by atoms with van der Waals surface area (Å²) in [5.74, 6) is 1.31. The number of fused-ring (bicyclic) bond motifs is 1. The lowest BCUT2D eigenvalue weighted by molar-refractivity contribution is -0.130. The molecular weight excluding hydrogens is 392 g/mol. The van der Waals surface area contributed by atoms with Gasteiger partial charge in [-0.05, 0) is 36.8 Å². The zero-order valence-corrected chi connectivity index (χ0v) is 18.4. The zero-order valence-electron chi connectivity index (χ0n) is 18.4. The number of amides is 2. The molecule has 0 fully saturated rings. The average Bonchev–Trinajstić information content (AvgIpc) is 3.14. The highest BCUT2D eigenvalue weighted by molar-refractivity contribution is 5.94. The summed E-state index contributed by atoms with van der Waals surface area (Å²) < 4.78 is 7.14. The molecule has 7 nitrogen and oxygen atoms in total. The van der Waals surface area contributed by atoms with E-state index in [9.17, 15) is 9.59 Å². The van der Waals surface area contributed by atoms with E-state index in [1.807, 2.05) is 35.9 Å². The third-order valence-electron chi connectivity index (χ3n) is 5.27. The summed E-state index contributed by atoms with van der Waals surface area (Å²) in [6.07, 6.45) is 2.55. The summed E-state index contributed by atoms with van der Waals surface area (Å²) in [5.41, 5.74) is 2.31. The molecule has 0 radical (unpaired) electrons. The second-order valence-electron chi connectivity index (χ2n) is 7.51. The molecule has 0 unspecified atom stereocenters. The number of hydrogen-bond donors (Lipinski definition) is 1. The summed E-state index contributed by atoms with van der Waals surface area (Å²) in [6.45, 7) is 3.51. The first kappa shape index (κ1) is 22.3. The molecule has 0 aliphatic carbocycles. The molecule has 164 valence electrons. The van der Waals surface area contributed by atoms with E-state index in [0.29, 0.717) is 24.3 Å². The van der Waals surface area contributed by atoms with Crippen LogP contribution in [0.2, 0.25) is 0 Å². The molecule has 2 amide bonds. The van der Waals surface area contributed by atoms with E-state index in [1.54, 1.807) is 36.3 Å². The highest BCUT2D eigenvalue weighted by Gasteiger charge is 2.16. The Labute approximate surface area is 183 Å². The van der Waals surface area contributed by atoms with Gasteiger partial charge in [0.1, 0.15) is 18.1 Å². The van der Waals surface area contributed by atoms with E-state index in [2.05, 4.69) is 12.2 Å². The Morgan fingerprint density at radius 2 is 1.97 bits per heavy atom. The lowest BCUT2D eigenvalue weighted by Crippen LogP contribution is -2.32. The van der Waals surface area contributed by atoms with Crippen molar-refractivity contribution in [2.45, 2.75) is 32.7 Å². The van der Waals surface area contributed by atoms with Gasteiger partial charge in [-0.2, -0.15) is 0 Å². The van der Waals surface area contributed by atoms with Crippen molar-refractivity contribution in [2.75, 3.05) is 27.2 Å². The van der Waals surface area contributed by atoms with Crippen molar-refractivity contribution in [3.8, 4) is 5.75 Å². The predicted octanol–water partition coefficient (Wildman–Crippen LogP) is 3.28. The van der Waals surface area contributed by atoms with Crippen LogP contribution < -0.4 is 10.1 Å². The summed E-state index contributed by atoms with van der Waals surface area (Å²) in [4.78, 5) is 31.7. The largest absolute Gasteiger partial charge is 0.497 e. The molecule has 0 saturated heterocycles.